The van der Waals surface area contributed by atoms with Gasteiger partial charge in [-0.05, 0) is 86.5 Å². The first kappa shape index (κ1) is 19.5. The standard InChI is InChI=1S/C25H36O2S/c1-22-12-10-19(28)16-18(22)8-9-21-20(22)11-13-23(2)24(26,14-15-25(21,23)27)17-6-4-3-5-7-17/h3-7,18-21,26-28H,8-16H2,1-2H3/t18-,19+,20+,21-,22+,23-,24+,25+/m1/s1. The van der Waals surface area contributed by atoms with Crippen molar-refractivity contribution in [2.45, 2.75) is 88.1 Å². The molecule has 1 aromatic carbocycles. The van der Waals surface area contributed by atoms with Crippen molar-refractivity contribution in [1.29, 1.82) is 0 Å². The van der Waals surface area contributed by atoms with Crippen LogP contribution in [0.1, 0.15) is 77.2 Å². The highest BCUT2D eigenvalue weighted by Gasteiger charge is 2.71. The SMILES string of the molecule is C[C@]12CC[C@H](S)C[C@H]1CC[C@@H]1[C@@H]2CC[C@]2(C)[C@@](O)(c3ccccc3)CC[C@]12O. The van der Waals surface area contributed by atoms with Crippen molar-refractivity contribution < 1.29 is 10.2 Å². The number of rotatable bonds is 1. The zero-order valence-corrected chi connectivity index (χ0v) is 18.3. The van der Waals surface area contributed by atoms with Crippen LogP contribution in [0.25, 0.3) is 0 Å². The van der Waals surface area contributed by atoms with Gasteiger partial charge in [-0.15, -0.1) is 0 Å². The van der Waals surface area contributed by atoms with E-state index in [9.17, 15) is 10.2 Å². The van der Waals surface area contributed by atoms with E-state index in [0.717, 1.165) is 37.2 Å². The van der Waals surface area contributed by atoms with Gasteiger partial charge >= 0.3 is 0 Å². The first-order valence-electron chi connectivity index (χ1n) is 11.4. The van der Waals surface area contributed by atoms with Crippen LogP contribution >= 0.6 is 12.6 Å². The first-order valence-corrected chi connectivity index (χ1v) is 11.9. The Morgan fingerprint density at radius 1 is 0.857 bits per heavy atom. The van der Waals surface area contributed by atoms with Crippen molar-refractivity contribution in [2.24, 2.45) is 28.6 Å². The van der Waals surface area contributed by atoms with E-state index in [0.29, 0.717) is 28.9 Å². The molecule has 0 heterocycles. The number of hydrogen-bond acceptors (Lipinski definition) is 3. The lowest BCUT2D eigenvalue weighted by molar-refractivity contribution is -0.235. The largest absolute Gasteiger partial charge is 0.389 e. The predicted molar refractivity (Wildman–Crippen MR) is 116 cm³/mol. The monoisotopic (exact) mass is 400 g/mol. The van der Waals surface area contributed by atoms with Crippen molar-refractivity contribution in [2.75, 3.05) is 0 Å². The molecule has 4 aliphatic carbocycles. The van der Waals surface area contributed by atoms with E-state index in [2.05, 4.69) is 26.0 Å². The molecule has 0 radical (unpaired) electrons. The molecule has 0 aliphatic heterocycles. The summed E-state index contributed by atoms with van der Waals surface area (Å²) in [4.78, 5) is 0. The van der Waals surface area contributed by atoms with Crippen LogP contribution in [0.2, 0.25) is 0 Å². The van der Waals surface area contributed by atoms with Gasteiger partial charge in [-0.1, -0.05) is 44.2 Å². The lowest BCUT2D eigenvalue weighted by Gasteiger charge is -2.64. The summed E-state index contributed by atoms with van der Waals surface area (Å²) in [5.41, 5.74) is -0.817. The van der Waals surface area contributed by atoms with Gasteiger partial charge < -0.3 is 10.2 Å². The van der Waals surface area contributed by atoms with Crippen LogP contribution in [0.5, 0.6) is 0 Å². The molecule has 0 saturated heterocycles. The summed E-state index contributed by atoms with van der Waals surface area (Å²) in [5, 5.41) is 24.7. The minimum absolute atomic E-state index is 0.321. The highest BCUT2D eigenvalue weighted by Crippen LogP contribution is 2.71. The van der Waals surface area contributed by atoms with Gasteiger partial charge in [0.25, 0.3) is 0 Å². The zero-order chi connectivity index (χ0) is 19.8. The average Bonchev–Trinajstić information content (AvgIpc) is 2.91. The minimum Gasteiger partial charge on any atom is -0.389 e. The van der Waals surface area contributed by atoms with Crippen molar-refractivity contribution >= 4 is 12.6 Å². The lowest BCUT2D eigenvalue weighted by atomic mass is 9.43. The second-order valence-electron chi connectivity index (χ2n) is 10.9. The van der Waals surface area contributed by atoms with Crippen molar-refractivity contribution in [3.63, 3.8) is 0 Å². The topological polar surface area (TPSA) is 40.5 Å². The van der Waals surface area contributed by atoms with Crippen LogP contribution in [0, 0.1) is 28.6 Å². The fourth-order valence-electron chi connectivity index (χ4n) is 8.40. The number of thiol groups is 1. The van der Waals surface area contributed by atoms with Gasteiger partial charge in [-0.3, -0.25) is 0 Å². The fourth-order valence-corrected chi connectivity index (χ4v) is 8.78. The van der Waals surface area contributed by atoms with Gasteiger partial charge in [0.2, 0.25) is 0 Å². The highest BCUT2D eigenvalue weighted by molar-refractivity contribution is 7.80. The van der Waals surface area contributed by atoms with E-state index < -0.39 is 16.6 Å². The van der Waals surface area contributed by atoms with Crippen molar-refractivity contribution in [3.8, 4) is 0 Å². The number of fused-ring (bicyclic) bond motifs is 5. The van der Waals surface area contributed by atoms with Gasteiger partial charge in [0.05, 0.1) is 11.2 Å². The van der Waals surface area contributed by atoms with Crippen LogP contribution in [-0.4, -0.2) is 21.1 Å². The van der Waals surface area contributed by atoms with Gasteiger partial charge in [0, 0.05) is 10.7 Å². The smallest absolute Gasteiger partial charge is 0.0978 e. The molecule has 154 valence electrons. The number of aliphatic hydroxyl groups is 2. The molecule has 0 unspecified atom stereocenters. The molecule has 0 aromatic heterocycles. The fraction of sp³-hybridized carbons (Fsp3) is 0.760. The molecule has 4 saturated carbocycles. The van der Waals surface area contributed by atoms with Crippen LogP contribution in [-0.2, 0) is 5.60 Å². The summed E-state index contributed by atoms with van der Waals surface area (Å²) >= 11 is 4.80. The Bertz CT molecular complexity index is 752. The maximum atomic E-state index is 12.2. The van der Waals surface area contributed by atoms with E-state index in [-0.39, 0.29) is 0 Å². The van der Waals surface area contributed by atoms with E-state index in [1.165, 1.54) is 25.7 Å². The molecule has 4 aliphatic rings. The molecule has 28 heavy (non-hydrogen) atoms. The summed E-state index contributed by atoms with van der Waals surface area (Å²) in [6, 6.07) is 10.1. The maximum absolute atomic E-state index is 12.2. The van der Waals surface area contributed by atoms with Gasteiger partial charge in [0.1, 0.15) is 0 Å². The van der Waals surface area contributed by atoms with Crippen LogP contribution in [0.3, 0.4) is 0 Å². The molecule has 2 N–H and O–H groups in total. The van der Waals surface area contributed by atoms with Crippen LogP contribution in [0.15, 0.2) is 30.3 Å². The molecule has 3 heteroatoms. The predicted octanol–water partition coefficient (Wildman–Crippen LogP) is 5.33. The molecule has 0 bridgehead atoms. The highest BCUT2D eigenvalue weighted by atomic mass is 32.1. The third-order valence-electron chi connectivity index (χ3n) is 10.2. The Labute approximate surface area is 175 Å². The van der Waals surface area contributed by atoms with Gasteiger partial charge in [0.15, 0.2) is 0 Å². The summed E-state index contributed by atoms with van der Waals surface area (Å²) in [7, 11) is 0. The van der Waals surface area contributed by atoms with Crippen LogP contribution < -0.4 is 0 Å². The van der Waals surface area contributed by atoms with E-state index in [1.54, 1.807) is 0 Å². The molecule has 5 rings (SSSR count). The van der Waals surface area contributed by atoms with Crippen LogP contribution in [0.4, 0.5) is 0 Å². The average molecular weight is 401 g/mol. The molecule has 0 amide bonds. The summed E-state index contributed by atoms with van der Waals surface area (Å²) < 4.78 is 0. The first-order chi connectivity index (χ1) is 13.2. The van der Waals surface area contributed by atoms with Gasteiger partial charge in [-0.2, -0.15) is 12.6 Å². The molecule has 1 aromatic rings. The van der Waals surface area contributed by atoms with E-state index >= 15 is 0 Å². The summed E-state index contributed by atoms with van der Waals surface area (Å²) in [5.74, 6) is 1.66. The molecular formula is C25H36O2S. The molecule has 4 fully saturated rings. The Morgan fingerprint density at radius 3 is 2.36 bits per heavy atom. The minimum atomic E-state index is -0.922. The van der Waals surface area contributed by atoms with Gasteiger partial charge in [-0.25, -0.2) is 0 Å². The Hall–Kier alpha value is -0.510. The van der Waals surface area contributed by atoms with Crippen molar-refractivity contribution in [1.82, 2.24) is 0 Å². The number of hydrogen-bond donors (Lipinski definition) is 3. The second-order valence-corrected chi connectivity index (χ2v) is 11.7. The van der Waals surface area contributed by atoms with Crippen molar-refractivity contribution in [3.05, 3.63) is 35.9 Å². The molecular weight excluding hydrogens is 364 g/mol. The molecule has 8 atom stereocenters. The van der Waals surface area contributed by atoms with E-state index in [4.69, 9.17) is 12.6 Å². The zero-order valence-electron chi connectivity index (χ0n) is 17.4. The Morgan fingerprint density at radius 2 is 1.61 bits per heavy atom. The third kappa shape index (κ3) is 2.30. The summed E-state index contributed by atoms with van der Waals surface area (Å²) in [6.07, 6.45) is 9.50. The number of benzene rings is 1. The quantitative estimate of drug-likeness (QED) is 0.558. The molecule has 0 spiro atoms. The van der Waals surface area contributed by atoms with E-state index in [1.807, 2.05) is 18.2 Å². The molecule has 2 nitrogen and oxygen atoms in total. The lowest BCUT2D eigenvalue weighted by Crippen LogP contribution is -2.64. The third-order valence-corrected chi connectivity index (χ3v) is 10.7. The second kappa shape index (κ2) is 6.25. The summed E-state index contributed by atoms with van der Waals surface area (Å²) in [6.45, 7) is 4.70. The Balaban J connectivity index is 1.52. The maximum Gasteiger partial charge on any atom is 0.0978 e. The Kier molecular flexibility index (Phi) is 4.34. The normalized spacial score (nSPS) is 53.2.